The number of aromatic amines is 1. The highest BCUT2D eigenvalue weighted by molar-refractivity contribution is 7.99. The fourth-order valence-electron chi connectivity index (χ4n) is 1.42. The average Bonchev–Trinajstić information content (AvgIpc) is 2.15. The molecule has 1 aromatic rings. The Hall–Kier alpha value is -0.970. The Balaban J connectivity index is 2.75. The van der Waals surface area contributed by atoms with Crippen LogP contribution >= 0.6 is 11.8 Å². The number of thioether (sulfide) groups is 1. The van der Waals surface area contributed by atoms with E-state index in [-0.39, 0.29) is 11.2 Å². The Labute approximate surface area is 79.0 Å². The molecule has 0 radical (unpaired) electrons. The molecule has 0 saturated heterocycles. The van der Waals surface area contributed by atoms with Crippen molar-refractivity contribution in [2.24, 2.45) is 7.05 Å². The molecule has 0 atom stereocenters. The Morgan fingerprint density at radius 3 is 3.00 bits per heavy atom. The van der Waals surface area contributed by atoms with Gasteiger partial charge in [0, 0.05) is 12.6 Å². The number of H-pyrrole nitrogens is 1. The molecule has 0 bridgehead atoms. The lowest BCUT2D eigenvalue weighted by Gasteiger charge is -2.13. The molecule has 0 aliphatic carbocycles. The fourth-order valence-corrected chi connectivity index (χ4v) is 2.43. The summed E-state index contributed by atoms with van der Waals surface area (Å²) in [6.45, 7) is 0. The number of aromatic nitrogens is 2. The van der Waals surface area contributed by atoms with Crippen molar-refractivity contribution >= 4 is 11.8 Å². The SMILES string of the molecule is Cn1c(=O)[nH]c2c(c1=O)CCCS2. The molecular formula is C8H10N2O2S. The number of hydrogen-bond donors (Lipinski definition) is 1. The average molecular weight is 198 g/mol. The van der Waals surface area contributed by atoms with Crippen LogP contribution in [-0.2, 0) is 13.5 Å². The molecule has 1 aromatic heterocycles. The Bertz CT molecular complexity index is 446. The minimum Gasteiger partial charge on any atom is -0.301 e. The number of nitrogens with one attached hydrogen (secondary N) is 1. The maximum Gasteiger partial charge on any atom is 0.328 e. The van der Waals surface area contributed by atoms with Gasteiger partial charge >= 0.3 is 5.69 Å². The van der Waals surface area contributed by atoms with Crippen LogP contribution in [0.3, 0.4) is 0 Å². The van der Waals surface area contributed by atoms with Gasteiger partial charge in [0.25, 0.3) is 5.56 Å². The van der Waals surface area contributed by atoms with E-state index < -0.39 is 0 Å². The summed E-state index contributed by atoms with van der Waals surface area (Å²) in [7, 11) is 1.50. The third kappa shape index (κ3) is 1.33. The molecule has 13 heavy (non-hydrogen) atoms. The van der Waals surface area contributed by atoms with Gasteiger partial charge in [-0.1, -0.05) is 0 Å². The van der Waals surface area contributed by atoms with Crippen molar-refractivity contribution in [3.63, 3.8) is 0 Å². The maximum atomic E-state index is 11.6. The minimum atomic E-state index is -0.321. The standard InChI is InChI=1S/C8H10N2O2S/c1-10-7(11)5-3-2-4-13-6(5)9-8(10)12/h2-4H2,1H3,(H,9,12). The molecule has 5 heteroatoms. The van der Waals surface area contributed by atoms with Gasteiger partial charge in [0.1, 0.15) is 0 Å². The van der Waals surface area contributed by atoms with Crippen molar-refractivity contribution in [3.05, 3.63) is 26.4 Å². The van der Waals surface area contributed by atoms with Crippen molar-refractivity contribution in [1.82, 2.24) is 9.55 Å². The zero-order valence-corrected chi connectivity index (χ0v) is 8.11. The van der Waals surface area contributed by atoms with Crippen LogP contribution in [0.4, 0.5) is 0 Å². The predicted molar refractivity (Wildman–Crippen MR) is 51.3 cm³/mol. The lowest BCUT2D eigenvalue weighted by Crippen LogP contribution is -2.36. The second kappa shape index (κ2) is 3.06. The normalized spacial score (nSPS) is 15.5. The highest BCUT2D eigenvalue weighted by Gasteiger charge is 2.15. The van der Waals surface area contributed by atoms with E-state index in [2.05, 4.69) is 4.98 Å². The van der Waals surface area contributed by atoms with E-state index in [0.717, 1.165) is 33.8 Å². The zero-order valence-electron chi connectivity index (χ0n) is 7.29. The molecule has 2 rings (SSSR count). The van der Waals surface area contributed by atoms with Crippen LogP contribution < -0.4 is 11.2 Å². The monoisotopic (exact) mass is 198 g/mol. The summed E-state index contributed by atoms with van der Waals surface area (Å²) in [5.74, 6) is 0.982. The van der Waals surface area contributed by atoms with E-state index in [9.17, 15) is 9.59 Å². The Kier molecular flexibility index (Phi) is 2.03. The van der Waals surface area contributed by atoms with E-state index in [0.29, 0.717) is 0 Å². The number of nitrogens with zero attached hydrogens (tertiary/aromatic N) is 1. The molecule has 0 fully saturated rings. The van der Waals surface area contributed by atoms with E-state index >= 15 is 0 Å². The fraction of sp³-hybridized carbons (Fsp3) is 0.500. The molecular weight excluding hydrogens is 188 g/mol. The van der Waals surface area contributed by atoms with E-state index in [1.165, 1.54) is 7.05 Å². The van der Waals surface area contributed by atoms with E-state index in [1.54, 1.807) is 11.8 Å². The van der Waals surface area contributed by atoms with Crippen LogP contribution in [0.1, 0.15) is 12.0 Å². The number of fused-ring (bicyclic) bond motifs is 1. The molecule has 1 aliphatic heterocycles. The Morgan fingerprint density at radius 1 is 1.46 bits per heavy atom. The summed E-state index contributed by atoms with van der Waals surface area (Å²) < 4.78 is 1.13. The molecule has 0 unspecified atom stereocenters. The highest BCUT2D eigenvalue weighted by atomic mass is 32.2. The minimum absolute atomic E-state index is 0.147. The first kappa shape index (κ1) is 8.62. The maximum absolute atomic E-state index is 11.6. The molecule has 4 nitrogen and oxygen atoms in total. The lowest BCUT2D eigenvalue weighted by atomic mass is 10.2. The van der Waals surface area contributed by atoms with Gasteiger partial charge in [-0.3, -0.25) is 9.36 Å². The summed E-state index contributed by atoms with van der Waals surface area (Å²) in [4.78, 5) is 25.5. The third-order valence-electron chi connectivity index (χ3n) is 2.18. The second-order valence-corrected chi connectivity index (χ2v) is 4.16. The first-order valence-corrected chi connectivity index (χ1v) is 5.13. The quantitative estimate of drug-likeness (QED) is 0.602. The largest absolute Gasteiger partial charge is 0.328 e. The van der Waals surface area contributed by atoms with Gasteiger partial charge in [0.15, 0.2) is 0 Å². The summed E-state index contributed by atoms with van der Waals surface area (Å²) in [5, 5.41) is 0.763. The zero-order chi connectivity index (χ0) is 9.42. The van der Waals surface area contributed by atoms with Crippen molar-refractivity contribution in [2.45, 2.75) is 17.9 Å². The summed E-state index contributed by atoms with van der Waals surface area (Å²) in [6.07, 6.45) is 1.80. The van der Waals surface area contributed by atoms with Gasteiger partial charge in [-0.25, -0.2) is 4.79 Å². The van der Waals surface area contributed by atoms with Crippen molar-refractivity contribution in [1.29, 1.82) is 0 Å². The van der Waals surface area contributed by atoms with Crippen LogP contribution in [0.25, 0.3) is 0 Å². The highest BCUT2D eigenvalue weighted by Crippen LogP contribution is 2.23. The van der Waals surface area contributed by atoms with Crippen molar-refractivity contribution in [3.8, 4) is 0 Å². The number of rotatable bonds is 0. The first-order valence-electron chi connectivity index (χ1n) is 4.15. The van der Waals surface area contributed by atoms with Crippen LogP contribution in [0.15, 0.2) is 14.6 Å². The van der Waals surface area contributed by atoms with Gasteiger partial charge in [-0.15, -0.1) is 11.8 Å². The van der Waals surface area contributed by atoms with Gasteiger partial charge in [0.2, 0.25) is 0 Å². The van der Waals surface area contributed by atoms with Gasteiger partial charge in [0.05, 0.1) is 5.03 Å². The third-order valence-corrected chi connectivity index (χ3v) is 3.31. The van der Waals surface area contributed by atoms with Crippen LogP contribution in [0.5, 0.6) is 0 Å². The van der Waals surface area contributed by atoms with Gasteiger partial charge in [-0.05, 0) is 18.6 Å². The molecule has 1 N–H and O–H groups in total. The van der Waals surface area contributed by atoms with Crippen LogP contribution in [0, 0.1) is 0 Å². The lowest BCUT2D eigenvalue weighted by molar-refractivity contribution is 0.701. The Morgan fingerprint density at radius 2 is 2.23 bits per heavy atom. The second-order valence-electron chi connectivity index (χ2n) is 3.05. The summed E-state index contributed by atoms with van der Waals surface area (Å²) in [6, 6.07) is 0. The molecule has 0 amide bonds. The molecule has 0 spiro atoms. The molecule has 0 saturated carbocycles. The van der Waals surface area contributed by atoms with Gasteiger partial charge < -0.3 is 4.98 Å². The molecule has 1 aliphatic rings. The molecule has 0 aromatic carbocycles. The topological polar surface area (TPSA) is 54.9 Å². The van der Waals surface area contributed by atoms with E-state index in [4.69, 9.17) is 0 Å². The van der Waals surface area contributed by atoms with Crippen molar-refractivity contribution in [2.75, 3.05) is 5.75 Å². The van der Waals surface area contributed by atoms with Crippen molar-refractivity contribution < 1.29 is 0 Å². The molecule has 70 valence electrons. The molecule has 2 heterocycles. The summed E-state index contributed by atoms with van der Waals surface area (Å²) in [5.41, 5.74) is 0.294. The smallest absolute Gasteiger partial charge is 0.301 e. The van der Waals surface area contributed by atoms with Gasteiger partial charge in [-0.2, -0.15) is 0 Å². The van der Waals surface area contributed by atoms with Crippen LogP contribution in [0.2, 0.25) is 0 Å². The first-order chi connectivity index (χ1) is 6.20. The van der Waals surface area contributed by atoms with E-state index in [1.807, 2.05) is 0 Å². The number of hydrogen-bond acceptors (Lipinski definition) is 3. The predicted octanol–water partition coefficient (Wildman–Crippen LogP) is 0.112. The van der Waals surface area contributed by atoms with Crippen LogP contribution in [-0.4, -0.2) is 15.3 Å². The summed E-state index contributed by atoms with van der Waals surface area (Å²) >= 11 is 1.56.